The van der Waals surface area contributed by atoms with Gasteiger partial charge in [-0.2, -0.15) is 5.10 Å². The van der Waals surface area contributed by atoms with Crippen LogP contribution in [0.5, 0.6) is 0 Å². The first kappa shape index (κ1) is 23.6. The van der Waals surface area contributed by atoms with Crippen molar-refractivity contribution in [1.29, 1.82) is 0 Å². The normalized spacial score (nSPS) is 11.6. The lowest BCUT2D eigenvalue weighted by atomic mass is 10.0. The molecule has 2 aromatic carbocycles. The standard InChI is InChI=1S/C27H23F2N9/c1-38(2)8-7-32-18-10-15(9-17(28)11-18)24-25-21(5-6-33-24)34-27(35-25)26-22-20(36-37-26)4-3-19(23(22)29)16-12-30-14-31-13-16/h3-6,9-14,32H,7-8H2,1-2H3,(H,34,35)(H,36,37). The Morgan fingerprint density at radius 2 is 1.79 bits per heavy atom. The summed E-state index contributed by atoms with van der Waals surface area (Å²) in [6.45, 7) is 1.46. The number of nitrogens with zero attached hydrogens (tertiary/aromatic N) is 6. The highest BCUT2D eigenvalue weighted by atomic mass is 19.1. The number of imidazole rings is 1. The van der Waals surface area contributed by atoms with E-state index in [-0.39, 0.29) is 11.2 Å². The van der Waals surface area contributed by atoms with Gasteiger partial charge in [-0.1, -0.05) is 0 Å². The second kappa shape index (κ2) is 9.60. The minimum atomic E-state index is -0.460. The van der Waals surface area contributed by atoms with Crippen molar-refractivity contribution >= 4 is 27.6 Å². The maximum Gasteiger partial charge on any atom is 0.159 e. The van der Waals surface area contributed by atoms with Crippen molar-refractivity contribution < 1.29 is 8.78 Å². The maximum absolute atomic E-state index is 15.8. The molecule has 0 atom stereocenters. The summed E-state index contributed by atoms with van der Waals surface area (Å²) in [4.78, 5) is 22.5. The van der Waals surface area contributed by atoms with Gasteiger partial charge in [-0.05, 0) is 50.5 Å². The van der Waals surface area contributed by atoms with E-state index in [2.05, 4.69) is 35.5 Å². The van der Waals surface area contributed by atoms with Crippen LogP contribution in [0.2, 0.25) is 0 Å². The topological polar surface area (TPSA) is 111 Å². The third kappa shape index (κ3) is 4.33. The molecular weight excluding hydrogens is 488 g/mol. The Balaban J connectivity index is 1.43. The zero-order valence-corrected chi connectivity index (χ0v) is 20.6. The molecule has 6 aromatic rings. The molecule has 9 nitrogen and oxygen atoms in total. The smallest absolute Gasteiger partial charge is 0.159 e. The van der Waals surface area contributed by atoms with Gasteiger partial charge in [0.1, 0.15) is 29.2 Å². The maximum atomic E-state index is 15.8. The summed E-state index contributed by atoms with van der Waals surface area (Å²) >= 11 is 0. The third-order valence-electron chi connectivity index (χ3n) is 6.22. The largest absolute Gasteiger partial charge is 0.384 e. The first-order valence-electron chi connectivity index (χ1n) is 11.9. The Hall–Kier alpha value is -4.77. The van der Waals surface area contributed by atoms with Gasteiger partial charge < -0.3 is 15.2 Å². The van der Waals surface area contributed by atoms with Gasteiger partial charge in [-0.3, -0.25) is 10.1 Å². The Kier molecular flexibility index (Phi) is 5.97. The fourth-order valence-corrected chi connectivity index (χ4v) is 4.42. The summed E-state index contributed by atoms with van der Waals surface area (Å²) < 4.78 is 30.3. The van der Waals surface area contributed by atoms with Gasteiger partial charge in [0.05, 0.1) is 22.1 Å². The number of rotatable bonds is 7. The van der Waals surface area contributed by atoms with Crippen molar-refractivity contribution in [3.8, 4) is 33.9 Å². The van der Waals surface area contributed by atoms with Crippen LogP contribution in [0.15, 0.2) is 61.3 Å². The predicted molar refractivity (Wildman–Crippen MR) is 142 cm³/mol. The van der Waals surface area contributed by atoms with Crippen molar-refractivity contribution in [2.45, 2.75) is 0 Å². The van der Waals surface area contributed by atoms with Crippen molar-refractivity contribution in [2.24, 2.45) is 0 Å². The van der Waals surface area contributed by atoms with Crippen LogP contribution in [0.1, 0.15) is 0 Å². The number of aromatic amines is 2. The van der Waals surface area contributed by atoms with Crippen molar-refractivity contribution in [1.82, 2.24) is 40.0 Å². The number of H-pyrrole nitrogens is 2. The number of hydrogen-bond donors (Lipinski definition) is 3. The van der Waals surface area contributed by atoms with Gasteiger partial charge in [-0.25, -0.2) is 23.7 Å². The molecule has 0 fully saturated rings. The SMILES string of the molecule is CN(C)CCNc1cc(F)cc(-c2nccc3[nH]c(-c4n[nH]c5ccc(-c6cncnc6)c(F)c45)nc23)c1. The number of halogens is 2. The van der Waals surface area contributed by atoms with E-state index in [0.717, 1.165) is 6.54 Å². The average Bonchev–Trinajstić information content (AvgIpc) is 3.53. The number of hydrogen-bond acceptors (Lipinski definition) is 7. The molecule has 190 valence electrons. The van der Waals surface area contributed by atoms with Crippen LogP contribution >= 0.6 is 0 Å². The molecule has 6 rings (SSSR count). The molecule has 4 aromatic heterocycles. The monoisotopic (exact) mass is 511 g/mol. The highest BCUT2D eigenvalue weighted by molar-refractivity contribution is 5.98. The number of benzene rings is 2. The second-order valence-corrected chi connectivity index (χ2v) is 9.15. The molecule has 3 N–H and O–H groups in total. The highest BCUT2D eigenvalue weighted by Gasteiger charge is 2.21. The van der Waals surface area contributed by atoms with E-state index in [9.17, 15) is 4.39 Å². The Bertz CT molecular complexity index is 1760. The Morgan fingerprint density at radius 3 is 2.61 bits per heavy atom. The summed E-state index contributed by atoms with van der Waals surface area (Å²) in [7, 11) is 3.95. The van der Waals surface area contributed by atoms with Crippen molar-refractivity contribution in [3.63, 3.8) is 0 Å². The van der Waals surface area contributed by atoms with E-state index < -0.39 is 5.82 Å². The van der Waals surface area contributed by atoms with E-state index in [1.165, 1.54) is 18.5 Å². The van der Waals surface area contributed by atoms with Gasteiger partial charge in [0.25, 0.3) is 0 Å². The fraction of sp³-hybridized carbons (Fsp3) is 0.148. The average molecular weight is 512 g/mol. The molecule has 4 heterocycles. The van der Waals surface area contributed by atoms with E-state index in [0.29, 0.717) is 62.7 Å². The van der Waals surface area contributed by atoms with E-state index in [1.807, 2.05) is 25.1 Å². The minimum Gasteiger partial charge on any atom is -0.384 e. The minimum absolute atomic E-state index is 0.290. The number of anilines is 1. The van der Waals surface area contributed by atoms with Gasteiger partial charge >= 0.3 is 0 Å². The molecule has 0 aliphatic heterocycles. The Labute approximate surface area is 216 Å². The van der Waals surface area contributed by atoms with Crippen LogP contribution < -0.4 is 5.32 Å². The zero-order valence-electron chi connectivity index (χ0n) is 20.6. The van der Waals surface area contributed by atoms with Crippen molar-refractivity contribution in [3.05, 3.63) is 73.0 Å². The van der Waals surface area contributed by atoms with Crippen LogP contribution in [0.3, 0.4) is 0 Å². The van der Waals surface area contributed by atoms with E-state index >= 15 is 4.39 Å². The molecule has 0 radical (unpaired) electrons. The van der Waals surface area contributed by atoms with Crippen LogP contribution in [0.4, 0.5) is 14.5 Å². The molecule has 0 saturated carbocycles. The number of pyridine rings is 1. The first-order valence-corrected chi connectivity index (χ1v) is 11.9. The fourth-order valence-electron chi connectivity index (χ4n) is 4.42. The molecule has 0 saturated heterocycles. The molecule has 0 aliphatic carbocycles. The quantitative estimate of drug-likeness (QED) is 0.280. The number of fused-ring (bicyclic) bond motifs is 2. The van der Waals surface area contributed by atoms with E-state index in [4.69, 9.17) is 4.98 Å². The summed E-state index contributed by atoms with van der Waals surface area (Å²) in [6.07, 6.45) is 6.13. The summed E-state index contributed by atoms with van der Waals surface area (Å²) in [5.41, 5.74) is 4.67. The molecule has 0 amide bonds. The molecule has 0 bridgehead atoms. The molecule has 0 unspecified atom stereocenters. The number of aromatic nitrogens is 7. The Morgan fingerprint density at radius 1 is 0.947 bits per heavy atom. The second-order valence-electron chi connectivity index (χ2n) is 9.15. The molecule has 0 spiro atoms. The van der Waals surface area contributed by atoms with E-state index in [1.54, 1.807) is 36.8 Å². The third-order valence-corrected chi connectivity index (χ3v) is 6.22. The lowest BCUT2D eigenvalue weighted by Crippen LogP contribution is -2.20. The van der Waals surface area contributed by atoms with Gasteiger partial charge in [0.15, 0.2) is 5.82 Å². The predicted octanol–water partition coefficient (Wildman–Crippen LogP) is 4.88. The van der Waals surface area contributed by atoms with Crippen LogP contribution in [-0.2, 0) is 0 Å². The van der Waals surface area contributed by atoms with Crippen LogP contribution in [-0.4, -0.2) is 67.2 Å². The molecular formula is C27H23F2N9. The molecule has 11 heteroatoms. The van der Waals surface area contributed by atoms with Gasteiger partial charge in [-0.15, -0.1) is 0 Å². The number of likely N-dealkylation sites (N-methyl/N-ethyl adjacent to an activating group) is 1. The first-order chi connectivity index (χ1) is 18.5. The highest BCUT2D eigenvalue weighted by Crippen LogP contribution is 2.35. The zero-order chi connectivity index (χ0) is 26.2. The summed E-state index contributed by atoms with van der Waals surface area (Å²) in [5.74, 6) is -0.484. The number of nitrogens with one attached hydrogen (secondary N) is 3. The lowest BCUT2D eigenvalue weighted by molar-refractivity contribution is 0.425. The van der Waals surface area contributed by atoms with Crippen molar-refractivity contribution in [2.75, 3.05) is 32.5 Å². The van der Waals surface area contributed by atoms with Crippen LogP contribution in [0.25, 0.3) is 55.8 Å². The molecule has 0 aliphatic rings. The van der Waals surface area contributed by atoms with Gasteiger partial charge in [0, 0.05) is 54.1 Å². The van der Waals surface area contributed by atoms with Crippen LogP contribution in [0, 0.1) is 11.6 Å². The molecule has 38 heavy (non-hydrogen) atoms. The lowest BCUT2D eigenvalue weighted by Gasteiger charge is -2.12. The summed E-state index contributed by atoms with van der Waals surface area (Å²) in [6, 6.07) is 9.89. The van der Waals surface area contributed by atoms with Gasteiger partial charge in [0.2, 0.25) is 0 Å². The summed E-state index contributed by atoms with van der Waals surface area (Å²) in [5, 5.41) is 10.8.